The number of aromatic hydroxyl groups is 1. The average molecular weight is 320 g/mol. The zero-order valence-corrected chi connectivity index (χ0v) is 12.0. The summed E-state index contributed by atoms with van der Waals surface area (Å²) in [4.78, 5) is 0. The largest absolute Gasteiger partial charge is 0.507 e. The van der Waals surface area contributed by atoms with Gasteiger partial charge in [-0.25, -0.2) is 0 Å². The van der Waals surface area contributed by atoms with Crippen LogP contribution in [0.15, 0.2) is 53.0 Å². The van der Waals surface area contributed by atoms with Gasteiger partial charge in [0.25, 0.3) is 0 Å². The van der Waals surface area contributed by atoms with Crippen LogP contribution in [0.5, 0.6) is 5.75 Å². The quantitative estimate of drug-likeness (QED) is 0.745. The number of phenolic OH excluding ortho intramolecular Hbond substituents is 1. The summed E-state index contributed by atoms with van der Waals surface area (Å²) in [5.74, 6) is 0.240. The van der Waals surface area contributed by atoms with Gasteiger partial charge in [0.05, 0.1) is 5.56 Å². The molecular weight excluding hydrogens is 304 g/mol. The highest BCUT2D eigenvalue weighted by molar-refractivity contribution is 9.10. The number of hydrogen-bond donors (Lipinski definition) is 3. The average Bonchev–Trinajstić information content (AvgIpc) is 2.39. The van der Waals surface area contributed by atoms with E-state index in [0.29, 0.717) is 12.1 Å². The van der Waals surface area contributed by atoms with E-state index in [1.165, 1.54) is 0 Å². The zero-order chi connectivity index (χ0) is 13.8. The van der Waals surface area contributed by atoms with Crippen molar-refractivity contribution in [2.75, 3.05) is 0 Å². The zero-order valence-electron chi connectivity index (χ0n) is 10.4. The van der Waals surface area contributed by atoms with E-state index < -0.39 is 0 Å². The van der Waals surface area contributed by atoms with Crippen LogP contribution in [0, 0.1) is 5.41 Å². The van der Waals surface area contributed by atoms with Crippen molar-refractivity contribution in [2.45, 2.75) is 12.5 Å². The molecule has 2 rings (SSSR count). The summed E-state index contributed by atoms with van der Waals surface area (Å²) in [5.41, 5.74) is 6.22. The lowest BCUT2D eigenvalue weighted by molar-refractivity contribution is -0.424. The highest BCUT2D eigenvalue weighted by Crippen LogP contribution is 2.24. The van der Waals surface area contributed by atoms with E-state index in [1.54, 1.807) is 12.1 Å². The van der Waals surface area contributed by atoms with Gasteiger partial charge >= 0.3 is 0 Å². The number of phenols is 1. The standard InChI is InChI=1S/C15H15BrN2O/c16-11-5-3-4-10(8-11)13(17)9-14(18)12-6-1-2-7-15(12)19/h1-8,14,17,19H,9,18H2/p+1. The molecule has 0 spiro atoms. The Hall–Kier alpha value is -1.65. The summed E-state index contributed by atoms with van der Waals surface area (Å²) in [6.45, 7) is 0. The minimum absolute atomic E-state index is 0.132. The van der Waals surface area contributed by atoms with E-state index in [-0.39, 0.29) is 11.8 Å². The number of nitrogens with one attached hydrogen (secondary N) is 1. The van der Waals surface area contributed by atoms with Crippen LogP contribution in [0.2, 0.25) is 0 Å². The van der Waals surface area contributed by atoms with Crippen LogP contribution in [-0.2, 0) is 0 Å². The predicted octanol–water partition coefficient (Wildman–Crippen LogP) is 2.90. The number of para-hydroxylation sites is 1. The van der Waals surface area contributed by atoms with Gasteiger partial charge in [0.15, 0.2) is 0 Å². The Morgan fingerprint density at radius 2 is 1.95 bits per heavy atom. The molecule has 98 valence electrons. The lowest BCUT2D eigenvalue weighted by Gasteiger charge is -2.11. The molecule has 3 nitrogen and oxygen atoms in total. The fourth-order valence-electron chi connectivity index (χ4n) is 1.98. The van der Waals surface area contributed by atoms with Gasteiger partial charge in [0.1, 0.15) is 11.8 Å². The molecule has 0 aliphatic rings. The number of benzene rings is 2. The van der Waals surface area contributed by atoms with E-state index in [1.807, 2.05) is 36.4 Å². The van der Waals surface area contributed by atoms with Gasteiger partial charge < -0.3 is 16.2 Å². The topological polar surface area (TPSA) is 71.7 Å². The summed E-state index contributed by atoms with van der Waals surface area (Å²) >= 11 is 3.40. The van der Waals surface area contributed by atoms with Crippen molar-refractivity contribution < 1.29 is 10.8 Å². The van der Waals surface area contributed by atoms with Crippen LogP contribution >= 0.6 is 15.9 Å². The minimum atomic E-state index is -0.132. The SMILES string of the molecule is N=C(CC([NH3+])c1ccccc1O)c1cccc(Br)c1. The Bertz CT molecular complexity index is 598. The first-order valence-corrected chi connectivity index (χ1v) is 6.81. The third kappa shape index (κ3) is 3.43. The third-order valence-electron chi connectivity index (χ3n) is 3.00. The Kier molecular flexibility index (Phi) is 4.35. The lowest BCUT2D eigenvalue weighted by atomic mass is 9.97. The number of quaternary nitrogens is 1. The van der Waals surface area contributed by atoms with E-state index in [9.17, 15) is 5.11 Å². The van der Waals surface area contributed by atoms with Crippen molar-refractivity contribution in [1.82, 2.24) is 0 Å². The molecule has 2 aromatic rings. The summed E-state index contributed by atoms with van der Waals surface area (Å²) < 4.78 is 0.956. The normalized spacial score (nSPS) is 12.1. The van der Waals surface area contributed by atoms with E-state index >= 15 is 0 Å². The third-order valence-corrected chi connectivity index (χ3v) is 3.49. The number of halogens is 1. The highest BCUT2D eigenvalue weighted by atomic mass is 79.9. The molecule has 0 aliphatic heterocycles. The molecule has 0 aliphatic carbocycles. The van der Waals surface area contributed by atoms with Crippen molar-refractivity contribution in [3.63, 3.8) is 0 Å². The summed E-state index contributed by atoms with van der Waals surface area (Å²) in [5, 5.41) is 17.9. The second kappa shape index (κ2) is 5.99. The molecule has 1 atom stereocenters. The molecule has 0 amide bonds. The lowest BCUT2D eigenvalue weighted by Crippen LogP contribution is -2.54. The van der Waals surface area contributed by atoms with Gasteiger partial charge in [-0.1, -0.05) is 40.2 Å². The first-order chi connectivity index (χ1) is 9.08. The van der Waals surface area contributed by atoms with E-state index in [0.717, 1.165) is 15.6 Å². The molecule has 5 N–H and O–H groups in total. The second-order valence-electron chi connectivity index (χ2n) is 4.45. The number of hydrogen-bond acceptors (Lipinski definition) is 2. The Morgan fingerprint density at radius 3 is 2.63 bits per heavy atom. The monoisotopic (exact) mass is 319 g/mol. The minimum Gasteiger partial charge on any atom is -0.507 e. The maximum Gasteiger partial charge on any atom is 0.124 e. The van der Waals surface area contributed by atoms with Gasteiger partial charge in [-0.05, 0) is 29.8 Å². The molecule has 4 heteroatoms. The van der Waals surface area contributed by atoms with Crippen LogP contribution in [0.1, 0.15) is 23.6 Å². The predicted molar refractivity (Wildman–Crippen MR) is 79.3 cm³/mol. The fourth-order valence-corrected chi connectivity index (χ4v) is 2.38. The second-order valence-corrected chi connectivity index (χ2v) is 5.36. The van der Waals surface area contributed by atoms with Crippen molar-refractivity contribution in [2.24, 2.45) is 0 Å². The summed E-state index contributed by atoms with van der Waals surface area (Å²) in [6, 6.07) is 14.7. The summed E-state index contributed by atoms with van der Waals surface area (Å²) in [7, 11) is 0. The van der Waals surface area contributed by atoms with Gasteiger partial charge in [-0.15, -0.1) is 0 Å². The molecule has 0 heterocycles. The van der Waals surface area contributed by atoms with Crippen LogP contribution < -0.4 is 5.73 Å². The van der Waals surface area contributed by atoms with Crippen LogP contribution in [-0.4, -0.2) is 10.8 Å². The Balaban J connectivity index is 2.13. The van der Waals surface area contributed by atoms with Gasteiger partial charge in [-0.2, -0.15) is 0 Å². The Labute approximate surface area is 120 Å². The van der Waals surface area contributed by atoms with Crippen LogP contribution in [0.25, 0.3) is 0 Å². The van der Waals surface area contributed by atoms with Crippen LogP contribution in [0.3, 0.4) is 0 Å². The molecule has 0 bridgehead atoms. The van der Waals surface area contributed by atoms with E-state index in [2.05, 4.69) is 21.7 Å². The number of rotatable bonds is 4. The van der Waals surface area contributed by atoms with Gasteiger partial charge in [0.2, 0.25) is 0 Å². The van der Waals surface area contributed by atoms with Crippen molar-refractivity contribution >= 4 is 21.6 Å². The first-order valence-electron chi connectivity index (χ1n) is 6.02. The molecule has 0 fully saturated rings. The molecular formula is C15H16BrN2O+. The Morgan fingerprint density at radius 1 is 1.21 bits per heavy atom. The molecule has 0 aromatic heterocycles. The molecule has 0 saturated carbocycles. The van der Waals surface area contributed by atoms with Crippen molar-refractivity contribution in [1.29, 1.82) is 5.41 Å². The molecule has 19 heavy (non-hydrogen) atoms. The maximum atomic E-state index is 9.79. The smallest absolute Gasteiger partial charge is 0.124 e. The van der Waals surface area contributed by atoms with Crippen molar-refractivity contribution in [3.05, 3.63) is 64.1 Å². The first kappa shape index (κ1) is 13.8. The van der Waals surface area contributed by atoms with Gasteiger partial charge in [0, 0.05) is 16.6 Å². The van der Waals surface area contributed by atoms with Gasteiger partial charge in [-0.3, -0.25) is 0 Å². The molecule has 1 unspecified atom stereocenters. The van der Waals surface area contributed by atoms with E-state index in [4.69, 9.17) is 5.41 Å². The summed E-state index contributed by atoms with van der Waals surface area (Å²) in [6.07, 6.45) is 0.494. The molecule has 0 radical (unpaired) electrons. The maximum absolute atomic E-state index is 9.79. The van der Waals surface area contributed by atoms with Crippen molar-refractivity contribution in [3.8, 4) is 5.75 Å². The van der Waals surface area contributed by atoms with Crippen LogP contribution in [0.4, 0.5) is 0 Å². The molecule has 0 saturated heterocycles. The fraction of sp³-hybridized carbons (Fsp3) is 0.133. The highest BCUT2D eigenvalue weighted by Gasteiger charge is 2.16. The molecule has 2 aromatic carbocycles.